The lowest BCUT2D eigenvalue weighted by molar-refractivity contribution is -0.831. The Bertz CT molecular complexity index is 815. The van der Waals surface area contributed by atoms with Crippen molar-refractivity contribution in [3.05, 3.63) is 46.9 Å². The van der Waals surface area contributed by atoms with Gasteiger partial charge in [0.25, 0.3) is 0 Å². The van der Waals surface area contributed by atoms with Crippen LogP contribution in [0.4, 0.5) is 0 Å². The number of hydrogen-bond donors (Lipinski definition) is 2. The van der Waals surface area contributed by atoms with Gasteiger partial charge in [-0.1, -0.05) is 17.7 Å². The average molecular weight is 391 g/mol. The summed E-state index contributed by atoms with van der Waals surface area (Å²) in [7, 11) is 1.96. The second kappa shape index (κ2) is 6.62. The quantitative estimate of drug-likeness (QED) is 0.556. The first kappa shape index (κ1) is 18.5. The van der Waals surface area contributed by atoms with Crippen LogP contribution in [0.1, 0.15) is 13.3 Å². The minimum Gasteiger partial charge on any atom is -0.480 e. The Morgan fingerprint density at radius 3 is 2.89 bits per heavy atom. The third kappa shape index (κ3) is 2.96. The summed E-state index contributed by atoms with van der Waals surface area (Å²) >= 11 is 6.62. The number of nitrogens with one attached hydrogen (secondary N) is 1. The zero-order valence-electron chi connectivity index (χ0n) is 15.6. The van der Waals surface area contributed by atoms with Crippen molar-refractivity contribution in [3.8, 4) is 0 Å². The van der Waals surface area contributed by atoms with Crippen LogP contribution < -0.4 is 5.32 Å². The second-order valence-corrected chi connectivity index (χ2v) is 8.45. The van der Waals surface area contributed by atoms with Gasteiger partial charge >= 0.3 is 5.97 Å². The molecule has 0 spiro atoms. The maximum atomic E-state index is 13.1. The van der Waals surface area contributed by atoms with E-state index in [1.807, 2.05) is 25.5 Å². The van der Waals surface area contributed by atoms with Gasteiger partial charge in [-0.3, -0.25) is 14.1 Å². The summed E-state index contributed by atoms with van der Waals surface area (Å²) in [5.41, 5.74) is 2.06. The van der Waals surface area contributed by atoms with Gasteiger partial charge in [-0.05, 0) is 31.1 Å². The summed E-state index contributed by atoms with van der Waals surface area (Å²) in [5.74, 6) is -2.44. The molecule has 1 aliphatic carbocycles. The number of nitrogens with zero attached hydrogens (tertiary/aromatic N) is 2. The Morgan fingerprint density at radius 2 is 2.19 bits per heavy atom. The van der Waals surface area contributed by atoms with Gasteiger partial charge in [0, 0.05) is 25.7 Å². The van der Waals surface area contributed by atoms with Crippen molar-refractivity contribution >= 4 is 23.4 Å². The van der Waals surface area contributed by atoms with Crippen molar-refractivity contribution in [2.24, 2.45) is 11.8 Å². The lowest BCUT2D eigenvalue weighted by Crippen LogP contribution is -2.59. The van der Waals surface area contributed by atoms with E-state index in [1.165, 1.54) is 6.08 Å². The van der Waals surface area contributed by atoms with Crippen LogP contribution in [0.3, 0.4) is 0 Å². The molecule has 2 N–H and O–H groups in total. The molecular formula is C20H25ClN3O3+. The molecule has 0 aromatic heterocycles. The molecule has 4 rings (SSSR count). The van der Waals surface area contributed by atoms with E-state index in [9.17, 15) is 14.7 Å². The van der Waals surface area contributed by atoms with E-state index >= 15 is 0 Å². The van der Waals surface area contributed by atoms with Crippen molar-refractivity contribution in [1.29, 1.82) is 0 Å². The Balaban J connectivity index is 1.79. The minimum atomic E-state index is -1.08. The lowest BCUT2D eigenvalue weighted by Gasteiger charge is -2.47. The molecule has 1 fully saturated rings. The van der Waals surface area contributed by atoms with Gasteiger partial charge in [-0.2, -0.15) is 0 Å². The number of aliphatic carboxylic acids is 1. The monoisotopic (exact) mass is 390 g/mol. The highest BCUT2D eigenvalue weighted by Gasteiger charge is 2.53. The predicted octanol–water partition coefficient (Wildman–Crippen LogP) is 1.82. The van der Waals surface area contributed by atoms with Crippen molar-refractivity contribution in [3.63, 3.8) is 0 Å². The Labute approximate surface area is 164 Å². The number of rotatable bonds is 2. The first-order chi connectivity index (χ1) is 12.8. The average Bonchev–Trinajstić information content (AvgIpc) is 2.61. The number of Topliss-reactive ketones (excluding diaryl/α,β-unsaturated/α-hetero) is 1. The third-order valence-electron chi connectivity index (χ3n) is 6.15. The molecular weight excluding hydrogens is 366 g/mol. The van der Waals surface area contributed by atoms with E-state index in [4.69, 9.17) is 11.6 Å². The molecule has 3 heterocycles. The first-order valence-corrected chi connectivity index (χ1v) is 9.79. The molecule has 4 aliphatic rings. The molecule has 0 radical (unpaired) electrons. The topological polar surface area (TPSA) is 69.6 Å². The number of quaternary nitrogens is 1. The smallest absolute Gasteiger partial charge is 0.318 e. The van der Waals surface area contributed by atoms with Crippen molar-refractivity contribution in [2.45, 2.75) is 25.4 Å². The number of piperazine rings is 1. The van der Waals surface area contributed by atoms with Gasteiger partial charge < -0.3 is 15.3 Å². The molecule has 27 heavy (non-hydrogen) atoms. The van der Waals surface area contributed by atoms with Gasteiger partial charge in [0.05, 0.1) is 29.9 Å². The fourth-order valence-corrected chi connectivity index (χ4v) is 5.15. The van der Waals surface area contributed by atoms with Gasteiger partial charge in [0.2, 0.25) is 5.78 Å². The molecule has 0 saturated carbocycles. The van der Waals surface area contributed by atoms with Crippen LogP contribution in [0.25, 0.3) is 0 Å². The number of fused-ring (bicyclic) bond motifs is 3. The van der Waals surface area contributed by atoms with E-state index < -0.39 is 17.9 Å². The fraction of sp³-hybridized carbons (Fsp3) is 0.500. The normalized spacial score (nSPS) is 38.4. The third-order valence-corrected chi connectivity index (χ3v) is 6.49. The molecule has 1 saturated heterocycles. The second-order valence-electron chi connectivity index (χ2n) is 8.04. The van der Waals surface area contributed by atoms with E-state index in [0.29, 0.717) is 16.9 Å². The van der Waals surface area contributed by atoms with Crippen molar-refractivity contribution in [1.82, 2.24) is 10.2 Å². The summed E-state index contributed by atoms with van der Waals surface area (Å²) in [6.07, 6.45) is 10.1. The highest BCUT2D eigenvalue weighted by atomic mass is 35.5. The van der Waals surface area contributed by atoms with Crippen LogP contribution >= 0.6 is 11.6 Å². The maximum Gasteiger partial charge on any atom is 0.318 e. The number of likely N-dealkylation sites (N-methyl/N-ethyl adjacent to an activating group) is 1. The van der Waals surface area contributed by atoms with Crippen molar-refractivity contribution < 1.29 is 19.2 Å². The van der Waals surface area contributed by atoms with E-state index in [1.54, 1.807) is 0 Å². The standard InChI is InChI=1S/C20H24ClN3O3/c1-12-11-23(8-7-22-12)17-13-5-9-24(2)10-6-15(20(26)27)19(25)18(24)14(13)3-4-16(17)21/h4-6,9-10,12,14-15,18,22H,3,7-8,11H2,1-2H3/p+1. The molecule has 7 heteroatoms. The Morgan fingerprint density at radius 1 is 1.41 bits per heavy atom. The zero-order chi connectivity index (χ0) is 19.3. The lowest BCUT2D eigenvalue weighted by atomic mass is 9.74. The van der Waals surface area contributed by atoms with Gasteiger partial charge in [0.1, 0.15) is 12.1 Å². The number of halogens is 1. The molecule has 3 aliphatic heterocycles. The van der Waals surface area contributed by atoms with Crippen LogP contribution in [0, 0.1) is 11.8 Å². The van der Waals surface area contributed by atoms with Crippen molar-refractivity contribution in [2.75, 3.05) is 26.7 Å². The fourth-order valence-electron chi connectivity index (χ4n) is 4.83. The number of ketones is 1. The number of carbonyl (C=O) groups excluding carboxylic acids is 1. The van der Waals surface area contributed by atoms with Crippen LogP contribution in [-0.2, 0) is 9.59 Å². The molecule has 5 unspecified atom stereocenters. The molecule has 0 amide bonds. The summed E-state index contributed by atoms with van der Waals surface area (Å²) in [4.78, 5) is 26.9. The molecule has 0 aromatic carbocycles. The number of carboxylic acids is 1. The van der Waals surface area contributed by atoms with Crippen LogP contribution in [0.5, 0.6) is 0 Å². The van der Waals surface area contributed by atoms with E-state index in [0.717, 1.165) is 35.9 Å². The van der Waals surface area contributed by atoms with Crippen LogP contribution in [0.15, 0.2) is 46.9 Å². The predicted molar refractivity (Wildman–Crippen MR) is 102 cm³/mol. The number of hydrogen-bond acceptors (Lipinski definition) is 4. The summed E-state index contributed by atoms with van der Waals surface area (Å²) < 4.78 is 0.313. The highest BCUT2D eigenvalue weighted by Crippen LogP contribution is 2.45. The maximum absolute atomic E-state index is 13.1. The summed E-state index contributed by atoms with van der Waals surface area (Å²) in [5, 5.41) is 13.6. The van der Waals surface area contributed by atoms with Gasteiger partial charge in [0.15, 0.2) is 6.04 Å². The molecule has 144 valence electrons. The molecule has 6 nitrogen and oxygen atoms in total. The van der Waals surface area contributed by atoms with Crippen LogP contribution in [0.2, 0.25) is 0 Å². The summed E-state index contributed by atoms with van der Waals surface area (Å²) in [6, 6.07) is -0.0756. The number of allylic oxidation sites excluding steroid dienone is 3. The minimum absolute atomic E-state index is 0.0676. The molecule has 5 atom stereocenters. The van der Waals surface area contributed by atoms with Gasteiger partial charge in [-0.15, -0.1) is 0 Å². The Kier molecular flexibility index (Phi) is 4.53. The SMILES string of the molecule is CC1CN(C2=C3C=C[N+]4(C)C=CC(C(=O)O)C(=O)C4C3CC=C2Cl)CCN1. The molecule has 0 aromatic rings. The molecule has 0 bridgehead atoms. The highest BCUT2D eigenvalue weighted by molar-refractivity contribution is 6.32. The first-order valence-electron chi connectivity index (χ1n) is 9.41. The summed E-state index contributed by atoms with van der Waals surface area (Å²) in [6.45, 7) is 4.74. The van der Waals surface area contributed by atoms with Gasteiger partial charge in [-0.25, -0.2) is 0 Å². The Hall–Kier alpha value is -1.89. The number of carbonyl (C=O) groups is 2. The zero-order valence-corrected chi connectivity index (χ0v) is 16.3. The van der Waals surface area contributed by atoms with E-state index in [-0.39, 0.29) is 11.7 Å². The van der Waals surface area contributed by atoms with Crippen LogP contribution in [-0.4, -0.2) is 65.0 Å². The number of carboxylic acid groups (broad SMARTS) is 1. The largest absolute Gasteiger partial charge is 0.480 e. The van der Waals surface area contributed by atoms with E-state index in [2.05, 4.69) is 23.2 Å².